The van der Waals surface area contributed by atoms with Crippen LogP contribution in [0.15, 0.2) is 60.2 Å². The number of anilines is 2. The average molecular weight is 488 g/mol. The maximum atomic E-state index is 14.5. The van der Waals surface area contributed by atoms with Gasteiger partial charge in [-0.05, 0) is 55.3 Å². The van der Waals surface area contributed by atoms with E-state index in [0.29, 0.717) is 22.4 Å². The van der Waals surface area contributed by atoms with E-state index in [1.165, 1.54) is 59.1 Å². The van der Waals surface area contributed by atoms with Crippen molar-refractivity contribution in [2.75, 3.05) is 18.9 Å². The van der Waals surface area contributed by atoms with Gasteiger partial charge in [-0.1, -0.05) is 36.4 Å². The van der Waals surface area contributed by atoms with Gasteiger partial charge in [-0.3, -0.25) is 9.36 Å². The van der Waals surface area contributed by atoms with Crippen molar-refractivity contribution >= 4 is 40.2 Å². The van der Waals surface area contributed by atoms with Gasteiger partial charge in [0.05, 0.1) is 15.9 Å². The van der Waals surface area contributed by atoms with Gasteiger partial charge in [-0.25, -0.2) is 14.4 Å². The molecule has 1 aliphatic heterocycles. The molecular formula is C27H23ClFN5O. The van der Waals surface area contributed by atoms with Gasteiger partial charge in [0.15, 0.2) is 0 Å². The molecule has 1 saturated carbocycles. The van der Waals surface area contributed by atoms with Crippen LogP contribution in [0.3, 0.4) is 0 Å². The smallest absolute Gasteiger partial charge is 0.266 e. The zero-order valence-electron chi connectivity index (χ0n) is 19.2. The number of fused-ring (bicyclic) bond motifs is 3. The Morgan fingerprint density at radius 3 is 2.83 bits per heavy atom. The van der Waals surface area contributed by atoms with Gasteiger partial charge >= 0.3 is 0 Å². The van der Waals surface area contributed by atoms with E-state index in [4.69, 9.17) is 11.6 Å². The highest BCUT2D eigenvalue weighted by Crippen LogP contribution is 2.52. The van der Waals surface area contributed by atoms with E-state index in [1.54, 1.807) is 6.08 Å². The largest absolute Gasteiger partial charge is 0.324 e. The van der Waals surface area contributed by atoms with Crippen LogP contribution in [0.4, 0.5) is 16.0 Å². The van der Waals surface area contributed by atoms with Crippen molar-refractivity contribution in [2.45, 2.75) is 24.8 Å². The summed E-state index contributed by atoms with van der Waals surface area (Å²) in [5.41, 5.74) is 4.49. The number of pyridine rings is 1. The predicted molar refractivity (Wildman–Crippen MR) is 137 cm³/mol. The number of halogens is 2. The third-order valence-corrected chi connectivity index (χ3v) is 7.28. The van der Waals surface area contributed by atoms with Gasteiger partial charge in [-0.2, -0.15) is 0 Å². The van der Waals surface area contributed by atoms with Crippen LogP contribution in [0.2, 0.25) is 5.02 Å². The molecule has 1 spiro atoms. The molecule has 0 amide bonds. The Kier molecular flexibility index (Phi) is 5.02. The fourth-order valence-corrected chi connectivity index (χ4v) is 5.47. The molecule has 4 aromatic rings. The number of likely N-dealkylation sites (N-methyl/N-ethyl adjacent to an activating group) is 1. The normalized spacial score (nSPS) is 16.3. The van der Waals surface area contributed by atoms with Gasteiger partial charge in [0.2, 0.25) is 5.95 Å². The topological polar surface area (TPSA) is 63.1 Å². The lowest BCUT2D eigenvalue weighted by molar-refractivity contribution is 0.271. The Labute approximate surface area is 206 Å². The second-order valence-electron chi connectivity index (χ2n) is 9.44. The van der Waals surface area contributed by atoms with Crippen LogP contribution in [-0.4, -0.2) is 33.0 Å². The van der Waals surface area contributed by atoms with Crippen molar-refractivity contribution in [3.05, 3.63) is 93.3 Å². The number of hydrogen-bond donors (Lipinski definition) is 1. The Bertz CT molecular complexity index is 1560. The number of nitrogens with one attached hydrogen (secondary N) is 1. The third-order valence-electron chi connectivity index (χ3n) is 6.98. The van der Waals surface area contributed by atoms with Gasteiger partial charge in [0.1, 0.15) is 11.5 Å². The van der Waals surface area contributed by atoms with Crippen LogP contribution in [0, 0.1) is 5.82 Å². The van der Waals surface area contributed by atoms with Gasteiger partial charge in [-0.15, -0.1) is 0 Å². The molecule has 2 aliphatic rings. The SMILES string of the molecule is C=Cc1cn(-c2c(F)cccc2Cl)c(=O)c2cnc(Nc3ccc4c(c3)CN(C)CC43CC3)nc12. The first kappa shape index (κ1) is 21.9. The quantitative estimate of drug-likeness (QED) is 0.415. The molecule has 0 radical (unpaired) electrons. The maximum Gasteiger partial charge on any atom is 0.266 e. The van der Waals surface area contributed by atoms with Crippen LogP contribution < -0.4 is 10.9 Å². The lowest BCUT2D eigenvalue weighted by atomic mass is 9.87. The minimum absolute atomic E-state index is 0.0150. The molecule has 0 unspecified atom stereocenters. The summed E-state index contributed by atoms with van der Waals surface area (Å²) in [7, 11) is 2.16. The summed E-state index contributed by atoms with van der Waals surface area (Å²) in [6, 6.07) is 10.7. The number of aromatic nitrogens is 3. The molecular weight excluding hydrogens is 465 g/mol. The number of para-hydroxylation sites is 1. The summed E-state index contributed by atoms with van der Waals surface area (Å²) in [6.07, 6.45) is 7.02. The lowest BCUT2D eigenvalue weighted by Crippen LogP contribution is -2.35. The zero-order chi connectivity index (χ0) is 24.3. The predicted octanol–water partition coefficient (Wildman–Crippen LogP) is 5.44. The number of hydrogen-bond acceptors (Lipinski definition) is 5. The highest BCUT2D eigenvalue weighted by molar-refractivity contribution is 6.32. The minimum atomic E-state index is -0.598. The Morgan fingerprint density at radius 1 is 1.26 bits per heavy atom. The minimum Gasteiger partial charge on any atom is -0.324 e. The molecule has 6 nitrogen and oxygen atoms in total. The highest BCUT2D eigenvalue weighted by Gasteiger charge is 2.48. The summed E-state index contributed by atoms with van der Waals surface area (Å²) in [6.45, 7) is 5.87. The molecule has 2 aromatic heterocycles. The second kappa shape index (κ2) is 8.00. The van der Waals surface area contributed by atoms with Crippen LogP contribution in [0.1, 0.15) is 29.5 Å². The zero-order valence-corrected chi connectivity index (χ0v) is 19.9. The lowest BCUT2D eigenvalue weighted by Gasteiger charge is -2.32. The van der Waals surface area contributed by atoms with Crippen molar-refractivity contribution < 1.29 is 4.39 Å². The molecule has 1 aliphatic carbocycles. The Morgan fingerprint density at radius 2 is 2.09 bits per heavy atom. The van der Waals surface area contributed by atoms with Crippen LogP contribution in [0.5, 0.6) is 0 Å². The molecule has 8 heteroatoms. The van der Waals surface area contributed by atoms with E-state index < -0.39 is 11.4 Å². The molecule has 0 atom stereocenters. The Balaban J connectivity index is 1.40. The fourth-order valence-electron chi connectivity index (χ4n) is 5.22. The number of nitrogens with zero attached hydrogens (tertiary/aromatic N) is 4. The number of benzene rings is 2. The number of rotatable bonds is 4. The van der Waals surface area contributed by atoms with Crippen LogP contribution >= 0.6 is 11.6 Å². The molecule has 3 heterocycles. The summed E-state index contributed by atoms with van der Waals surface area (Å²) in [5.74, 6) is -0.230. The van der Waals surface area contributed by atoms with E-state index in [9.17, 15) is 9.18 Å². The van der Waals surface area contributed by atoms with E-state index >= 15 is 0 Å². The summed E-state index contributed by atoms with van der Waals surface area (Å²) in [4.78, 5) is 24.6. The monoisotopic (exact) mass is 487 g/mol. The van der Waals surface area contributed by atoms with Crippen molar-refractivity contribution in [3.63, 3.8) is 0 Å². The molecule has 176 valence electrons. The van der Waals surface area contributed by atoms with Crippen molar-refractivity contribution in [3.8, 4) is 5.69 Å². The van der Waals surface area contributed by atoms with Gasteiger partial charge < -0.3 is 10.2 Å². The van der Waals surface area contributed by atoms with Gasteiger partial charge in [0.25, 0.3) is 5.56 Å². The molecule has 1 N–H and O–H groups in total. The molecule has 1 fully saturated rings. The molecule has 35 heavy (non-hydrogen) atoms. The second-order valence-corrected chi connectivity index (χ2v) is 9.85. The van der Waals surface area contributed by atoms with Crippen molar-refractivity contribution in [1.29, 1.82) is 0 Å². The standard InChI is InChI=1S/C27H23ClFN5O/c1-3-16-14-34(24-21(28)5-4-6-22(24)29)25(35)19-12-30-26(32-23(16)19)31-18-7-8-20-17(11-18)13-33(2)15-27(20)9-10-27/h3-8,11-12,14H,1,9-10,13,15H2,2H3,(H,30,31,32). The molecule has 0 saturated heterocycles. The molecule has 6 rings (SSSR count). The van der Waals surface area contributed by atoms with Crippen molar-refractivity contribution in [2.24, 2.45) is 0 Å². The average Bonchev–Trinajstić information content (AvgIpc) is 3.59. The summed E-state index contributed by atoms with van der Waals surface area (Å²) < 4.78 is 15.7. The van der Waals surface area contributed by atoms with E-state index in [1.807, 2.05) is 0 Å². The van der Waals surface area contributed by atoms with Crippen LogP contribution in [0.25, 0.3) is 22.7 Å². The van der Waals surface area contributed by atoms with Gasteiger partial charge in [0, 0.05) is 42.1 Å². The highest BCUT2D eigenvalue weighted by atomic mass is 35.5. The molecule has 0 bridgehead atoms. The Hall–Kier alpha value is -3.55. The van der Waals surface area contributed by atoms with E-state index in [0.717, 1.165) is 18.8 Å². The van der Waals surface area contributed by atoms with Crippen LogP contribution in [-0.2, 0) is 12.0 Å². The third kappa shape index (κ3) is 3.63. The maximum absolute atomic E-state index is 14.5. The summed E-state index contributed by atoms with van der Waals surface area (Å²) in [5, 5.41) is 3.66. The first-order valence-corrected chi connectivity index (χ1v) is 11.8. The summed E-state index contributed by atoms with van der Waals surface area (Å²) >= 11 is 6.21. The van der Waals surface area contributed by atoms with E-state index in [2.05, 4.69) is 52.0 Å². The first-order chi connectivity index (χ1) is 16.9. The molecule has 2 aromatic carbocycles. The fraction of sp³-hybridized carbons (Fsp3) is 0.222. The van der Waals surface area contributed by atoms with E-state index in [-0.39, 0.29) is 16.1 Å². The first-order valence-electron chi connectivity index (χ1n) is 11.5. The van der Waals surface area contributed by atoms with Crippen molar-refractivity contribution in [1.82, 2.24) is 19.4 Å².